The maximum atomic E-state index is 11.9. The summed E-state index contributed by atoms with van der Waals surface area (Å²) in [5, 5.41) is 6.12. The van der Waals surface area contributed by atoms with Crippen molar-refractivity contribution in [1.82, 2.24) is 10.3 Å². The highest BCUT2D eigenvalue weighted by molar-refractivity contribution is 7.17. The zero-order valence-corrected chi connectivity index (χ0v) is 12.9. The van der Waals surface area contributed by atoms with Crippen LogP contribution in [0.4, 0.5) is 5.13 Å². The molecular weight excluding hydrogens is 294 g/mol. The second-order valence-corrected chi connectivity index (χ2v) is 5.89. The lowest BCUT2D eigenvalue weighted by Crippen LogP contribution is -2.38. The summed E-state index contributed by atoms with van der Waals surface area (Å²) in [6.07, 6.45) is 2.02. The number of hydrogen-bond donors (Lipinski definition) is 2. The number of nitrogens with one attached hydrogen (secondary N) is 2. The van der Waals surface area contributed by atoms with Gasteiger partial charge in [-0.05, 0) is 19.8 Å². The molecule has 1 aliphatic rings. The summed E-state index contributed by atoms with van der Waals surface area (Å²) in [4.78, 5) is 39.2. The molecule has 0 bridgehead atoms. The second kappa shape index (κ2) is 6.21. The molecule has 0 spiro atoms. The van der Waals surface area contributed by atoms with Gasteiger partial charge in [0.05, 0.1) is 7.11 Å². The smallest absolute Gasteiger partial charge is 0.358 e. The summed E-state index contributed by atoms with van der Waals surface area (Å²) in [7, 11) is 1.23. The lowest BCUT2D eigenvalue weighted by atomic mass is 10.3. The molecule has 0 aliphatic heterocycles. The Kier molecular flexibility index (Phi) is 4.56. The van der Waals surface area contributed by atoms with Crippen molar-refractivity contribution in [2.24, 2.45) is 0 Å². The molecule has 0 saturated heterocycles. The van der Waals surface area contributed by atoms with Crippen molar-refractivity contribution in [3.63, 3.8) is 0 Å². The van der Waals surface area contributed by atoms with E-state index in [2.05, 4.69) is 20.4 Å². The van der Waals surface area contributed by atoms with Gasteiger partial charge in [0.15, 0.2) is 16.6 Å². The van der Waals surface area contributed by atoms with E-state index < -0.39 is 12.0 Å². The van der Waals surface area contributed by atoms with E-state index >= 15 is 0 Å². The number of aromatic nitrogens is 1. The molecule has 2 N–H and O–H groups in total. The summed E-state index contributed by atoms with van der Waals surface area (Å²) in [6, 6.07) is -0.224. The van der Waals surface area contributed by atoms with E-state index in [0.29, 0.717) is 5.13 Å². The van der Waals surface area contributed by atoms with E-state index in [4.69, 9.17) is 0 Å². The van der Waals surface area contributed by atoms with Crippen molar-refractivity contribution in [3.8, 4) is 0 Å². The first-order valence-corrected chi connectivity index (χ1v) is 7.41. The molecule has 1 fully saturated rings. The number of ketones is 1. The van der Waals surface area contributed by atoms with Crippen LogP contribution in [0.2, 0.25) is 0 Å². The number of amides is 1. The van der Waals surface area contributed by atoms with Crippen molar-refractivity contribution in [2.75, 3.05) is 12.4 Å². The molecule has 8 heteroatoms. The van der Waals surface area contributed by atoms with Crippen LogP contribution in [0.5, 0.6) is 0 Å². The first-order valence-electron chi connectivity index (χ1n) is 6.59. The van der Waals surface area contributed by atoms with Crippen LogP contribution in [0, 0.1) is 0 Å². The lowest BCUT2D eigenvalue weighted by Gasteiger charge is -2.12. The monoisotopic (exact) mass is 311 g/mol. The summed E-state index contributed by atoms with van der Waals surface area (Å²) < 4.78 is 4.60. The number of carbonyl (C=O) groups is 3. The Hall–Kier alpha value is -1.96. The Labute approximate surface area is 126 Å². The highest BCUT2D eigenvalue weighted by atomic mass is 32.1. The number of rotatable bonds is 6. The van der Waals surface area contributed by atoms with Gasteiger partial charge in [-0.15, -0.1) is 0 Å². The summed E-state index contributed by atoms with van der Waals surface area (Å²) in [5.74, 6) is -1.06. The van der Waals surface area contributed by atoms with Crippen molar-refractivity contribution < 1.29 is 19.1 Å². The average Bonchev–Trinajstić information content (AvgIpc) is 3.14. The third-order valence-corrected chi connectivity index (χ3v) is 4.07. The van der Waals surface area contributed by atoms with Crippen LogP contribution in [0.1, 0.15) is 46.8 Å². The number of Topliss-reactive ketones (excluding diaryl/α,β-unsaturated/α-hetero) is 1. The SMILES string of the molecule is COC(=O)c1nc(NC(C)C(=O)NC2CC2)sc1C(C)=O. The predicted molar refractivity (Wildman–Crippen MR) is 77.7 cm³/mol. The second-order valence-electron chi connectivity index (χ2n) is 4.89. The highest BCUT2D eigenvalue weighted by Gasteiger charge is 2.27. The maximum absolute atomic E-state index is 11.9. The van der Waals surface area contributed by atoms with Crippen LogP contribution in [0.3, 0.4) is 0 Å². The zero-order valence-electron chi connectivity index (χ0n) is 12.1. The number of nitrogens with zero attached hydrogens (tertiary/aromatic N) is 1. The van der Waals surface area contributed by atoms with Gasteiger partial charge in [-0.1, -0.05) is 11.3 Å². The molecule has 1 saturated carbocycles. The molecule has 1 aromatic rings. The largest absolute Gasteiger partial charge is 0.464 e. The number of esters is 1. The Balaban J connectivity index is 2.10. The fourth-order valence-corrected chi connectivity index (χ4v) is 2.60. The molecule has 1 amide bonds. The van der Waals surface area contributed by atoms with E-state index in [1.165, 1.54) is 14.0 Å². The summed E-state index contributed by atoms with van der Waals surface area (Å²) in [5.41, 5.74) is -0.0210. The van der Waals surface area contributed by atoms with Gasteiger partial charge in [-0.3, -0.25) is 9.59 Å². The van der Waals surface area contributed by atoms with Crippen molar-refractivity contribution >= 4 is 34.1 Å². The number of methoxy groups -OCH3 is 1. The van der Waals surface area contributed by atoms with Crippen LogP contribution in [0.15, 0.2) is 0 Å². The Bertz CT molecular complexity index is 580. The maximum Gasteiger partial charge on any atom is 0.358 e. The summed E-state index contributed by atoms with van der Waals surface area (Å²) in [6.45, 7) is 3.05. The lowest BCUT2D eigenvalue weighted by molar-refractivity contribution is -0.121. The minimum Gasteiger partial charge on any atom is -0.464 e. The molecule has 114 valence electrons. The standard InChI is InChI=1S/C13H17N3O4S/c1-6(11(18)15-8-4-5-8)14-13-16-9(12(19)20-3)10(21-13)7(2)17/h6,8H,4-5H2,1-3H3,(H,14,16)(H,15,18). The van der Waals surface area contributed by atoms with Gasteiger partial charge in [-0.25, -0.2) is 9.78 Å². The normalized spacial score (nSPS) is 15.2. The number of hydrogen-bond acceptors (Lipinski definition) is 7. The number of carbonyl (C=O) groups excluding carboxylic acids is 3. The molecule has 1 atom stereocenters. The molecule has 1 aliphatic carbocycles. The summed E-state index contributed by atoms with van der Waals surface area (Å²) >= 11 is 1.04. The molecule has 21 heavy (non-hydrogen) atoms. The minimum absolute atomic E-state index is 0.0210. The van der Waals surface area contributed by atoms with Crippen LogP contribution >= 0.6 is 11.3 Å². The van der Waals surface area contributed by atoms with Gasteiger partial charge in [0, 0.05) is 13.0 Å². The fourth-order valence-electron chi connectivity index (χ4n) is 1.66. The molecule has 0 radical (unpaired) electrons. The van der Waals surface area contributed by atoms with Gasteiger partial charge < -0.3 is 15.4 Å². The molecular formula is C13H17N3O4S. The third kappa shape index (κ3) is 3.78. The van der Waals surface area contributed by atoms with Crippen molar-refractivity contribution in [3.05, 3.63) is 10.6 Å². The Morgan fingerprint density at radius 1 is 1.38 bits per heavy atom. The van der Waals surface area contributed by atoms with Gasteiger partial charge in [0.25, 0.3) is 0 Å². The van der Waals surface area contributed by atoms with Crippen LogP contribution in [0.25, 0.3) is 0 Å². The van der Waals surface area contributed by atoms with Crippen LogP contribution in [-0.4, -0.2) is 41.8 Å². The molecule has 1 unspecified atom stereocenters. The first kappa shape index (κ1) is 15.4. The molecule has 1 heterocycles. The number of ether oxygens (including phenoxy) is 1. The molecule has 7 nitrogen and oxygen atoms in total. The topological polar surface area (TPSA) is 97.4 Å². The minimum atomic E-state index is -0.667. The zero-order chi connectivity index (χ0) is 15.6. The Morgan fingerprint density at radius 3 is 2.57 bits per heavy atom. The number of thiazole rings is 1. The number of anilines is 1. The van der Waals surface area contributed by atoms with Crippen molar-refractivity contribution in [1.29, 1.82) is 0 Å². The highest BCUT2D eigenvalue weighted by Crippen LogP contribution is 2.25. The Morgan fingerprint density at radius 2 is 2.05 bits per heavy atom. The predicted octanol–water partition coefficient (Wildman–Crippen LogP) is 1.21. The van der Waals surface area contributed by atoms with Gasteiger partial charge in [0.1, 0.15) is 10.9 Å². The first-order chi connectivity index (χ1) is 9.92. The van der Waals surface area contributed by atoms with E-state index in [1.54, 1.807) is 6.92 Å². The average molecular weight is 311 g/mol. The van der Waals surface area contributed by atoms with Gasteiger partial charge in [0.2, 0.25) is 5.91 Å². The van der Waals surface area contributed by atoms with Gasteiger partial charge in [-0.2, -0.15) is 0 Å². The van der Waals surface area contributed by atoms with Crippen LogP contribution < -0.4 is 10.6 Å². The van der Waals surface area contributed by atoms with Crippen molar-refractivity contribution in [2.45, 2.75) is 38.8 Å². The molecule has 2 rings (SSSR count). The quantitative estimate of drug-likeness (QED) is 0.605. The van der Waals surface area contributed by atoms with E-state index in [9.17, 15) is 14.4 Å². The molecule has 0 aromatic carbocycles. The van der Waals surface area contributed by atoms with Crippen LogP contribution in [-0.2, 0) is 9.53 Å². The fraction of sp³-hybridized carbons (Fsp3) is 0.538. The van der Waals surface area contributed by atoms with E-state index in [0.717, 1.165) is 24.2 Å². The molecule has 1 aromatic heterocycles. The van der Waals surface area contributed by atoms with E-state index in [-0.39, 0.29) is 28.3 Å². The van der Waals surface area contributed by atoms with E-state index in [1.807, 2.05) is 0 Å². The van der Waals surface area contributed by atoms with Gasteiger partial charge >= 0.3 is 5.97 Å². The third-order valence-electron chi connectivity index (χ3n) is 2.98.